The number of amides is 2. The molecule has 3 aliphatic rings. The van der Waals surface area contributed by atoms with Gasteiger partial charge in [-0.3, -0.25) is 4.79 Å². The first-order chi connectivity index (χ1) is 21.5. The first kappa shape index (κ1) is 33.2. The number of fused-ring (bicyclic) bond motifs is 2. The number of methoxy groups -OCH3 is 1. The second kappa shape index (κ2) is 14.5. The number of rotatable bonds is 9. The van der Waals surface area contributed by atoms with Gasteiger partial charge in [0.1, 0.15) is 23.5 Å². The largest absolute Gasteiger partial charge is 0.453 e. The molecule has 0 aromatic heterocycles. The number of carbonyl (C=O) groups is 2. The maximum atomic E-state index is 14.4. The van der Waals surface area contributed by atoms with Crippen LogP contribution in [0.4, 0.5) is 18.0 Å². The van der Waals surface area contributed by atoms with Crippen molar-refractivity contribution in [2.24, 2.45) is 5.92 Å². The van der Waals surface area contributed by atoms with Gasteiger partial charge in [0.2, 0.25) is 15.9 Å². The molecule has 9 nitrogen and oxygen atoms in total. The van der Waals surface area contributed by atoms with Gasteiger partial charge in [-0.25, -0.2) is 26.4 Å². The molecule has 0 spiro atoms. The second-order valence-electron chi connectivity index (χ2n) is 12.4. The van der Waals surface area contributed by atoms with Gasteiger partial charge in [0, 0.05) is 43.2 Å². The normalized spacial score (nSPS) is 27.4. The Bertz CT molecular complexity index is 1440. The molecule has 2 saturated heterocycles. The molecular formula is C32H41F3N4O5S. The van der Waals surface area contributed by atoms with E-state index in [0.717, 1.165) is 44.9 Å². The number of piperazine rings is 1. The Hall–Kier alpha value is -3.16. The van der Waals surface area contributed by atoms with E-state index < -0.39 is 51.4 Å². The number of sulfonamides is 1. The van der Waals surface area contributed by atoms with Crippen LogP contribution in [0.5, 0.6) is 0 Å². The van der Waals surface area contributed by atoms with Crippen molar-refractivity contribution in [3.05, 3.63) is 71.0 Å². The fourth-order valence-corrected chi connectivity index (χ4v) is 8.99. The van der Waals surface area contributed by atoms with Crippen LogP contribution < -0.4 is 16.0 Å². The Labute approximate surface area is 262 Å². The maximum absolute atomic E-state index is 14.4. The van der Waals surface area contributed by atoms with Gasteiger partial charge in [-0.1, -0.05) is 25.0 Å². The second-order valence-corrected chi connectivity index (χ2v) is 14.4. The predicted molar refractivity (Wildman–Crippen MR) is 162 cm³/mol. The highest BCUT2D eigenvalue weighted by Gasteiger charge is 2.40. The minimum atomic E-state index is -3.34. The standard InChI is InChI=1S/C32H41F3N4O5S/c1-44-32(41)38-30(29(21-8-11-23(33)12-9-21)22-15-24(34)17-25(35)16-22)31(40)37-28-7-4-5-20(28)10-13-27-18-36-26-6-2-3-14-45(42,43)39(27)19-26/h8-9,11-12,15-17,20,26-30,36H,2-7,10,13-14,18-19H2,1H3,(H,37,40)(H,38,41)/t20-,26?,27+,28+,29?,30+/m1/s1. The number of nitrogens with zero attached hydrogens (tertiary/aromatic N) is 1. The number of halogens is 3. The fourth-order valence-electron chi connectivity index (χ4n) is 7.15. The molecule has 3 fully saturated rings. The molecule has 2 bridgehead atoms. The molecule has 2 heterocycles. The third kappa shape index (κ3) is 8.17. The average Bonchev–Trinajstić information content (AvgIpc) is 3.44. The van der Waals surface area contributed by atoms with E-state index in [9.17, 15) is 31.2 Å². The lowest BCUT2D eigenvalue weighted by atomic mass is 9.84. The molecule has 1 aliphatic carbocycles. The Morgan fingerprint density at radius 3 is 2.40 bits per heavy atom. The summed E-state index contributed by atoms with van der Waals surface area (Å²) >= 11 is 0. The minimum absolute atomic E-state index is 0.0683. The molecule has 3 unspecified atom stereocenters. The van der Waals surface area contributed by atoms with E-state index in [-0.39, 0.29) is 35.4 Å². The summed E-state index contributed by atoms with van der Waals surface area (Å²) in [6.07, 6.45) is 5.30. The van der Waals surface area contributed by atoms with E-state index in [2.05, 4.69) is 16.0 Å². The lowest BCUT2D eigenvalue weighted by molar-refractivity contribution is -0.124. The third-order valence-electron chi connectivity index (χ3n) is 9.42. The predicted octanol–water partition coefficient (Wildman–Crippen LogP) is 4.18. The van der Waals surface area contributed by atoms with E-state index in [4.69, 9.17) is 4.74 Å². The van der Waals surface area contributed by atoms with Crippen LogP contribution in [0.25, 0.3) is 0 Å². The quantitative estimate of drug-likeness (QED) is 0.375. The Morgan fingerprint density at radius 2 is 1.69 bits per heavy atom. The van der Waals surface area contributed by atoms with Crippen molar-refractivity contribution in [3.8, 4) is 0 Å². The van der Waals surface area contributed by atoms with Gasteiger partial charge in [-0.15, -0.1) is 0 Å². The molecule has 246 valence electrons. The van der Waals surface area contributed by atoms with E-state index >= 15 is 0 Å². The smallest absolute Gasteiger partial charge is 0.407 e. The molecule has 0 radical (unpaired) electrons. The average molecular weight is 651 g/mol. The van der Waals surface area contributed by atoms with Crippen LogP contribution in [-0.2, 0) is 19.6 Å². The zero-order chi connectivity index (χ0) is 32.1. The van der Waals surface area contributed by atoms with Gasteiger partial charge < -0.3 is 20.7 Å². The number of carbonyl (C=O) groups excluding carboxylic acids is 2. The molecule has 5 rings (SSSR count). The fraction of sp³-hybridized carbons (Fsp3) is 0.562. The number of alkyl carbamates (subject to hydrolysis) is 1. The highest BCUT2D eigenvalue weighted by atomic mass is 32.2. The Morgan fingerprint density at radius 1 is 0.956 bits per heavy atom. The minimum Gasteiger partial charge on any atom is -0.453 e. The molecule has 2 amide bonds. The van der Waals surface area contributed by atoms with Gasteiger partial charge in [0.05, 0.1) is 12.9 Å². The Kier molecular flexibility index (Phi) is 10.7. The van der Waals surface area contributed by atoms with Crippen LogP contribution in [0.15, 0.2) is 42.5 Å². The van der Waals surface area contributed by atoms with Gasteiger partial charge in [0.25, 0.3) is 0 Å². The number of hydrogen-bond donors (Lipinski definition) is 3. The highest BCUT2D eigenvalue weighted by molar-refractivity contribution is 7.89. The lowest BCUT2D eigenvalue weighted by Crippen LogP contribution is -2.59. The number of ether oxygens (including phenoxy) is 1. The van der Waals surface area contributed by atoms with E-state index in [1.165, 1.54) is 24.3 Å². The zero-order valence-electron chi connectivity index (χ0n) is 25.3. The summed E-state index contributed by atoms with van der Waals surface area (Å²) in [6.45, 7) is 1.06. The molecule has 3 N–H and O–H groups in total. The molecule has 1 saturated carbocycles. The van der Waals surface area contributed by atoms with E-state index in [0.29, 0.717) is 50.4 Å². The summed E-state index contributed by atoms with van der Waals surface area (Å²) in [4.78, 5) is 26.4. The van der Waals surface area contributed by atoms with Crippen LogP contribution in [-0.4, -0.2) is 74.8 Å². The third-order valence-corrected chi connectivity index (χ3v) is 11.4. The summed E-state index contributed by atoms with van der Waals surface area (Å²) in [5.74, 6) is -3.69. The van der Waals surface area contributed by atoms with Gasteiger partial charge in [-0.2, -0.15) is 4.31 Å². The zero-order valence-corrected chi connectivity index (χ0v) is 26.1. The molecule has 45 heavy (non-hydrogen) atoms. The topological polar surface area (TPSA) is 117 Å². The van der Waals surface area contributed by atoms with Crippen molar-refractivity contribution >= 4 is 22.0 Å². The molecular weight excluding hydrogens is 609 g/mol. The first-order valence-corrected chi connectivity index (χ1v) is 17.2. The summed E-state index contributed by atoms with van der Waals surface area (Å²) < 4.78 is 75.2. The number of benzene rings is 2. The molecule has 7 atom stereocenters. The summed E-state index contributed by atoms with van der Waals surface area (Å²) in [5.41, 5.74) is 0.440. The van der Waals surface area contributed by atoms with E-state index in [1.807, 2.05) is 0 Å². The van der Waals surface area contributed by atoms with Crippen molar-refractivity contribution in [2.75, 3.05) is 26.0 Å². The van der Waals surface area contributed by atoms with Crippen LogP contribution in [0.3, 0.4) is 0 Å². The summed E-state index contributed by atoms with van der Waals surface area (Å²) in [6, 6.07) is 6.41. The molecule has 13 heteroatoms. The van der Waals surface area contributed by atoms with Crippen molar-refractivity contribution in [3.63, 3.8) is 0 Å². The monoisotopic (exact) mass is 650 g/mol. The maximum Gasteiger partial charge on any atom is 0.407 e. The van der Waals surface area contributed by atoms with Gasteiger partial charge in [-0.05, 0) is 79.8 Å². The molecule has 2 aliphatic heterocycles. The van der Waals surface area contributed by atoms with Gasteiger partial charge >= 0.3 is 6.09 Å². The SMILES string of the molecule is COC(=O)N[C@H](C(=O)N[C@H]1CCC[C@@H]1CC[C@H]1CNC2CCCCS(=O)(=O)N1C2)C(c1ccc(F)cc1)c1cc(F)cc(F)c1. The molecule has 2 aromatic rings. The Balaban J connectivity index is 1.35. The van der Waals surface area contributed by atoms with Crippen LogP contribution in [0.2, 0.25) is 0 Å². The number of nitrogens with one attached hydrogen (secondary N) is 3. The highest BCUT2D eigenvalue weighted by Crippen LogP contribution is 2.34. The van der Waals surface area contributed by atoms with Crippen molar-refractivity contribution in [1.82, 2.24) is 20.3 Å². The first-order valence-electron chi connectivity index (χ1n) is 15.6. The summed E-state index contributed by atoms with van der Waals surface area (Å²) in [5, 5.41) is 9.12. The van der Waals surface area contributed by atoms with Crippen molar-refractivity contribution < 1.29 is 35.9 Å². The summed E-state index contributed by atoms with van der Waals surface area (Å²) in [7, 11) is -2.20. The van der Waals surface area contributed by atoms with Crippen molar-refractivity contribution in [2.45, 2.75) is 81.5 Å². The van der Waals surface area contributed by atoms with Crippen LogP contribution in [0, 0.1) is 23.4 Å². The lowest BCUT2D eigenvalue weighted by Gasteiger charge is -2.41. The van der Waals surface area contributed by atoms with Crippen LogP contribution in [0.1, 0.15) is 68.4 Å². The molecule has 2 aromatic carbocycles. The number of hydrogen-bond acceptors (Lipinski definition) is 6. The van der Waals surface area contributed by atoms with E-state index in [1.54, 1.807) is 4.31 Å². The van der Waals surface area contributed by atoms with Crippen molar-refractivity contribution in [1.29, 1.82) is 0 Å². The van der Waals surface area contributed by atoms with Crippen LogP contribution >= 0.6 is 0 Å². The van der Waals surface area contributed by atoms with Gasteiger partial charge in [0.15, 0.2) is 0 Å².